The van der Waals surface area contributed by atoms with Gasteiger partial charge in [-0.3, -0.25) is 0 Å². The van der Waals surface area contributed by atoms with Crippen molar-refractivity contribution in [2.45, 2.75) is 70.9 Å². The van der Waals surface area contributed by atoms with Gasteiger partial charge in [0.25, 0.3) is 0 Å². The Labute approximate surface area is 124 Å². The van der Waals surface area contributed by atoms with Crippen molar-refractivity contribution in [3.8, 4) is 0 Å². The zero-order valence-electron chi connectivity index (χ0n) is 13.0. The summed E-state index contributed by atoms with van der Waals surface area (Å²) >= 11 is 0. The number of sulfonamides is 1. The quantitative estimate of drug-likeness (QED) is 0.848. The van der Waals surface area contributed by atoms with Crippen LogP contribution in [0.15, 0.2) is 0 Å². The van der Waals surface area contributed by atoms with Gasteiger partial charge in [-0.1, -0.05) is 13.8 Å². The zero-order valence-corrected chi connectivity index (χ0v) is 13.8. The summed E-state index contributed by atoms with van der Waals surface area (Å²) in [6.45, 7) is 5.66. The Balaban J connectivity index is 1.74. The van der Waals surface area contributed by atoms with Crippen molar-refractivity contribution in [3.05, 3.63) is 0 Å². The monoisotopic (exact) mass is 302 g/mol. The number of nitrogens with zero attached hydrogens (tertiary/aromatic N) is 1. The van der Waals surface area contributed by atoms with Gasteiger partial charge >= 0.3 is 0 Å². The van der Waals surface area contributed by atoms with E-state index in [4.69, 9.17) is 0 Å². The first-order valence-corrected chi connectivity index (χ1v) is 9.86. The van der Waals surface area contributed by atoms with Crippen LogP contribution in [0, 0.1) is 5.92 Å². The zero-order chi connectivity index (χ0) is 14.6. The number of hydrogen-bond acceptors (Lipinski definition) is 3. The molecule has 0 bridgehead atoms. The molecule has 4 nitrogen and oxygen atoms in total. The minimum Gasteiger partial charge on any atom is -0.311 e. The van der Waals surface area contributed by atoms with Crippen molar-refractivity contribution in [3.63, 3.8) is 0 Å². The highest BCUT2D eigenvalue weighted by Gasteiger charge is 2.29. The lowest BCUT2D eigenvalue weighted by Crippen LogP contribution is -2.48. The third-order valence-electron chi connectivity index (χ3n) is 4.80. The predicted molar refractivity (Wildman–Crippen MR) is 83.2 cm³/mol. The average molecular weight is 302 g/mol. The van der Waals surface area contributed by atoms with Gasteiger partial charge in [-0.05, 0) is 50.9 Å². The van der Waals surface area contributed by atoms with Crippen LogP contribution in [-0.4, -0.2) is 43.6 Å². The molecule has 1 aliphatic carbocycles. The van der Waals surface area contributed by atoms with Gasteiger partial charge in [0.1, 0.15) is 0 Å². The molecule has 0 amide bonds. The smallest absolute Gasteiger partial charge is 0.214 e. The van der Waals surface area contributed by atoms with Crippen molar-refractivity contribution in [2.75, 3.05) is 18.8 Å². The standard InChI is InChI=1S/C15H30N2O2S/c1-3-12-20(18,19)17-10-8-15(9-11-17)16-14-6-4-13(2)5-7-14/h13-16H,3-12H2,1-2H3. The van der Waals surface area contributed by atoms with Crippen molar-refractivity contribution in [2.24, 2.45) is 5.92 Å². The predicted octanol–water partition coefficient (Wildman–Crippen LogP) is 2.36. The van der Waals surface area contributed by atoms with E-state index in [-0.39, 0.29) is 0 Å². The van der Waals surface area contributed by atoms with E-state index in [1.165, 1.54) is 25.7 Å². The van der Waals surface area contributed by atoms with Gasteiger partial charge in [-0.15, -0.1) is 0 Å². The van der Waals surface area contributed by atoms with Crippen LogP contribution in [0.5, 0.6) is 0 Å². The lowest BCUT2D eigenvalue weighted by molar-refractivity contribution is 0.236. The molecule has 5 heteroatoms. The molecule has 1 saturated carbocycles. The van der Waals surface area contributed by atoms with E-state index in [0.29, 0.717) is 37.3 Å². The van der Waals surface area contributed by atoms with Crippen molar-refractivity contribution in [1.82, 2.24) is 9.62 Å². The van der Waals surface area contributed by atoms with E-state index in [2.05, 4.69) is 12.2 Å². The Bertz CT molecular complexity index is 381. The van der Waals surface area contributed by atoms with Crippen LogP contribution in [-0.2, 0) is 10.0 Å². The minimum absolute atomic E-state index is 0.297. The molecule has 2 rings (SSSR count). The molecule has 2 aliphatic rings. The molecule has 1 saturated heterocycles. The number of nitrogens with one attached hydrogen (secondary N) is 1. The van der Waals surface area contributed by atoms with Gasteiger partial charge in [0.15, 0.2) is 0 Å². The largest absolute Gasteiger partial charge is 0.311 e. The van der Waals surface area contributed by atoms with Crippen LogP contribution in [0.4, 0.5) is 0 Å². The molecule has 0 unspecified atom stereocenters. The Hall–Kier alpha value is -0.130. The molecule has 0 aromatic heterocycles. The summed E-state index contributed by atoms with van der Waals surface area (Å²) in [6, 6.07) is 1.18. The lowest BCUT2D eigenvalue weighted by Gasteiger charge is -2.36. The van der Waals surface area contributed by atoms with Crippen molar-refractivity contribution < 1.29 is 8.42 Å². The first kappa shape index (κ1) is 16.2. The molecule has 0 atom stereocenters. The second-order valence-corrected chi connectivity index (χ2v) is 8.70. The maximum Gasteiger partial charge on any atom is 0.214 e. The van der Waals surface area contributed by atoms with Gasteiger partial charge in [0, 0.05) is 25.2 Å². The Morgan fingerprint density at radius 1 is 1.00 bits per heavy atom. The van der Waals surface area contributed by atoms with E-state index >= 15 is 0 Å². The van der Waals surface area contributed by atoms with Crippen molar-refractivity contribution >= 4 is 10.0 Å². The van der Waals surface area contributed by atoms with Crippen LogP contribution in [0.2, 0.25) is 0 Å². The molecular formula is C15H30N2O2S. The SMILES string of the molecule is CCCS(=O)(=O)N1CCC(NC2CCC(C)CC2)CC1. The number of rotatable bonds is 5. The molecule has 0 spiro atoms. The van der Waals surface area contributed by atoms with E-state index in [1.807, 2.05) is 6.92 Å². The summed E-state index contributed by atoms with van der Waals surface area (Å²) in [7, 11) is -2.99. The van der Waals surface area contributed by atoms with E-state index < -0.39 is 10.0 Å². The third kappa shape index (κ3) is 4.43. The molecule has 1 aliphatic heterocycles. The number of piperidine rings is 1. The Morgan fingerprint density at radius 2 is 1.55 bits per heavy atom. The molecule has 1 N–H and O–H groups in total. The van der Waals surface area contributed by atoms with Crippen LogP contribution < -0.4 is 5.32 Å². The highest BCUT2D eigenvalue weighted by atomic mass is 32.2. The average Bonchev–Trinajstić information content (AvgIpc) is 2.42. The number of hydrogen-bond donors (Lipinski definition) is 1. The van der Waals surface area contributed by atoms with Crippen LogP contribution >= 0.6 is 0 Å². The molecule has 0 radical (unpaired) electrons. The molecule has 20 heavy (non-hydrogen) atoms. The maximum absolute atomic E-state index is 12.0. The van der Waals surface area contributed by atoms with Gasteiger partial charge in [-0.2, -0.15) is 0 Å². The van der Waals surface area contributed by atoms with E-state index in [0.717, 1.165) is 18.8 Å². The van der Waals surface area contributed by atoms with Crippen LogP contribution in [0.3, 0.4) is 0 Å². The Morgan fingerprint density at radius 3 is 2.10 bits per heavy atom. The van der Waals surface area contributed by atoms with E-state index in [9.17, 15) is 8.42 Å². The second kappa shape index (κ2) is 7.23. The highest BCUT2D eigenvalue weighted by Crippen LogP contribution is 2.25. The molecule has 2 fully saturated rings. The van der Waals surface area contributed by atoms with Gasteiger partial charge in [-0.25, -0.2) is 12.7 Å². The molecule has 118 valence electrons. The van der Waals surface area contributed by atoms with Crippen LogP contribution in [0.25, 0.3) is 0 Å². The fourth-order valence-electron chi connectivity index (χ4n) is 3.45. The van der Waals surface area contributed by atoms with Gasteiger partial charge < -0.3 is 5.32 Å². The summed E-state index contributed by atoms with van der Waals surface area (Å²) in [5, 5.41) is 3.76. The Kier molecular flexibility index (Phi) is 5.87. The molecular weight excluding hydrogens is 272 g/mol. The van der Waals surface area contributed by atoms with Gasteiger partial charge in [0.05, 0.1) is 5.75 Å². The first-order valence-electron chi connectivity index (χ1n) is 8.25. The highest BCUT2D eigenvalue weighted by molar-refractivity contribution is 7.89. The summed E-state index contributed by atoms with van der Waals surface area (Å²) in [5.41, 5.74) is 0. The summed E-state index contributed by atoms with van der Waals surface area (Å²) in [6.07, 6.45) is 7.89. The maximum atomic E-state index is 12.0. The molecule has 0 aromatic rings. The topological polar surface area (TPSA) is 49.4 Å². The normalized spacial score (nSPS) is 30.5. The minimum atomic E-state index is -2.99. The fourth-order valence-corrected chi connectivity index (χ4v) is 4.99. The second-order valence-electron chi connectivity index (χ2n) is 6.61. The third-order valence-corrected chi connectivity index (χ3v) is 6.87. The van der Waals surface area contributed by atoms with Crippen molar-refractivity contribution in [1.29, 1.82) is 0 Å². The summed E-state index contributed by atoms with van der Waals surface area (Å²) < 4.78 is 25.7. The first-order chi connectivity index (χ1) is 9.51. The summed E-state index contributed by atoms with van der Waals surface area (Å²) in [4.78, 5) is 0. The lowest BCUT2D eigenvalue weighted by atomic mass is 9.86. The van der Waals surface area contributed by atoms with Crippen LogP contribution in [0.1, 0.15) is 58.8 Å². The van der Waals surface area contributed by atoms with Gasteiger partial charge in [0.2, 0.25) is 10.0 Å². The molecule has 0 aromatic carbocycles. The summed E-state index contributed by atoms with van der Waals surface area (Å²) in [5.74, 6) is 1.18. The van der Waals surface area contributed by atoms with E-state index in [1.54, 1.807) is 4.31 Å². The molecule has 1 heterocycles. The fraction of sp³-hybridized carbons (Fsp3) is 1.00.